The number of para-hydroxylation sites is 2. The smallest absolute Gasteiger partial charge is 0.0640 e. The van der Waals surface area contributed by atoms with E-state index in [4.69, 9.17) is 0 Å². The van der Waals surface area contributed by atoms with Gasteiger partial charge in [0, 0.05) is 57.8 Å². The molecule has 0 N–H and O–H groups in total. The van der Waals surface area contributed by atoms with Gasteiger partial charge in [0.1, 0.15) is 0 Å². The highest BCUT2D eigenvalue weighted by molar-refractivity contribution is 7.27. The van der Waals surface area contributed by atoms with Crippen molar-refractivity contribution >= 4 is 102 Å². The fraction of sp³-hybridized carbons (Fsp3) is 0. The van der Waals surface area contributed by atoms with Crippen molar-refractivity contribution in [3.63, 3.8) is 0 Å². The molecule has 0 atom stereocenters. The van der Waals surface area contributed by atoms with Crippen molar-refractivity contribution in [2.75, 3.05) is 4.90 Å². The molecular formula is C60H38N2S2. The lowest BCUT2D eigenvalue weighted by Gasteiger charge is -2.28. The summed E-state index contributed by atoms with van der Waals surface area (Å²) in [6, 6.07) is 84.6. The van der Waals surface area contributed by atoms with Crippen LogP contribution in [0.2, 0.25) is 0 Å². The van der Waals surface area contributed by atoms with Gasteiger partial charge in [-0.25, -0.2) is 0 Å². The quantitative estimate of drug-likeness (QED) is 0.155. The van der Waals surface area contributed by atoms with E-state index in [0.717, 1.165) is 22.7 Å². The standard InChI is InChI=1S/C60H38N2S2/c1-4-17-39(18-5-1)42-33-34-51-56(37-42)63-60-46(41-21-8-3-9-22-41)35-36-54(57(51)60)62(44-24-14-23-43(38-44)61-52-30-12-10-25-47(52)48-26-11-13-31-53(48)61)55-32-16-29-50-49-28-15-27-45(58(49)64-59(50)55)40-19-6-2-7-20-40/h1-38H. The van der Waals surface area contributed by atoms with Gasteiger partial charge in [-0.15, -0.1) is 22.7 Å². The second-order valence-electron chi connectivity index (χ2n) is 16.4. The summed E-state index contributed by atoms with van der Waals surface area (Å²) in [5.41, 5.74) is 14.3. The Morgan fingerprint density at radius 2 is 0.906 bits per heavy atom. The molecule has 0 saturated carbocycles. The predicted octanol–water partition coefficient (Wildman–Crippen LogP) is 18.0. The molecule has 0 fully saturated rings. The van der Waals surface area contributed by atoms with Gasteiger partial charge in [-0.2, -0.15) is 0 Å². The maximum Gasteiger partial charge on any atom is 0.0640 e. The molecule has 0 amide bonds. The third kappa shape index (κ3) is 5.84. The topological polar surface area (TPSA) is 8.17 Å². The second kappa shape index (κ2) is 15.0. The van der Waals surface area contributed by atoms with E-state index in [-0.39, 0.29) is 0 Å². The zero-order valence-electron chi connectivity index (χ0n) is 34.7. The summed E-state index contributed by atoms with van der Waals surface area (Å²) in [5.74, 6) is 0. The van der Waals surface area contributed by atoms with Gasteiger partial charge in [0.2, 0.25) is 0 Å². The molecule has 0 spiro atoms. The van der Waals surface area contributed by atoms with Crippen LogP contribution < -0.4 is 4.90 Å². The Hall–Kier alpha value is -7.76. The lowest BCUT2D eigenvalue weighted by molar-refractivity contribution is 1.17. The van der Waals surface area contributed by atoms with E-state index < -0.39 is 0 Å². The first-order valence-corrected chi connectivity index (χ1v) is 23.4. The van der Waals surface area contributed by atoms with Crippen LogP contribution in [0.4, 0.5) is 17.1 Å². The van der Waals surface area contributed by atoms with Gasteiger partial charge in [-0.05, 0) is 81.9 Å². The molecule has 0 aliphatic carbocycles. The van der Waals surface area contributed by atoms with Crippen molar-refractivity contribution in [1.82, 2.24) is 4.57 Å². The Kier molecular flexibility index (Phi) is 8.61. The highest BCUT2D eigenvalue weighted by Gasteiger charge is 2.25. The normalized spacial score (nSPS) is 11.8. The van der Waals surface area contributed by atoms with Gasteiger partial charge < -0.3 is 9.47 Å². The minimum Gasteiger partial charge on any atom is -0.309 e. The van der Waals surface area contributed by atoms with E-state index in [0.29, 0.717) is 0 Å². The third-order valence-corrected chi connectivity index (χ3v) is 15.2. The fourth-order valence-corrected chi connectivity index (χ4v) is 12.5. The summed E-state index contributed by atoms with van der Waals surface area (Å²) in [5, 5.41) is 7.56. The van der Waals surface area contributed by atoms with E-state index in [1.165, 1.54) is 95.5 Å². The number of fused-ring (bicyclic) bond motifs is 9. The van der Waals surface area contributed by atoms with Gasteiger partial charge in [-0.3, -0.25) is 0 Å². The molecule has 64 heavy (non-hydrogen) atoms. The molecule has 0 aliphatic rings. The minimum atomic E-state index is 1.10. The molecule has 0 saturated heterocycles. The first-order valence-electron chi connectivity index (χ1n) is 21.8. The maximum absolute atomic E-state index is 2.55. The lowest BCUT2D eigenvalue weighted by atomic mass is 9.98. The molecule has 3 aromatic heterocycles. The third-order valence-electron chi connectivity index (χ3n) is 12.8. The average molecular weight is 851 g/mol. The number of benzene rings is 10. The number of hydrogen-bond donors (Lipinski definition) is 0. The highest BCUT2D eigenvalue weighted by Crippen LogP contribution is 2.52. The van der Waals surface area contributed by atoms with Gasteiger partial charge in [0.25, 0.3) is 0 Å². The molecule has 0 bridgehead atoms. The van der Waals surface area contributed by atoms with Gasteiger partial charge in [0.05, 0.1) is 27.1 Å². The van der Waals surface area contributed by atoms with Crippen LogP contribution in [0, 0.1) is 0 Å². The van der Waals surface area contributed by atoms with E-state index in [1.807, 2.05) is 22.7 Å². The Balaban J connectivity index is 1.12. The summed E-state index contributed by atoms with van der Waals surface area (Å²) in [4.78, 5) is 2.55. The van der Waals surface area contributed by atoms with Crippen molar-refractivity contribution in [2.45, 2.75) is 0 Å². The molecule has 10 aromatic carbocycles. The van der Waals surface area contributed by atoms with Gasteiger partial charge >= 0.3 is 0 Å². The van der Waals surface area contributed by atoms with Crippen molar-refractivity contribution in [3.05, 3.63) is 231 Å². The van der Waals surface area contributed by atoms with E-state index in [2.05, 4.69) is 240 Å². The molecular weight excluding hydrogens is 813 g/mol. The second-order valence-corrected chi connectivity index (χ2v) is 18.5. The molecule has 13 aromatic rings. The van der Waals surface area contributed by atoms with Gasteiger partial charge in [0.15, 0.2) is 0 Å². The Bertz CT molecular complexity index is 3840. The van der Waals surface area contributed by atoms with Crippen LogP contribution in [0.15, 0.2) is 231 Å². The molecule has 0 aliphatic heterocycles. The fourth-order valence-electron chi connectivity index (χ4n) is 9.91. The first-order chi connectivity index (χ1) is 31.8. The van der Waals surface area contributed by atoms with Crippen LogP contribution in [0.5, 0.6) is 0 Å². The van der Waals surface area contributed by atoms with E-state index in [1.54, 1.807) is 0 Å². The van der Waals surface area contributed by atoms with Gasteiger partial charge in [-0.1, -0.05) is 182 Å². The van der Waals surface area contributed by atoms with Crippen LogP contribution in [-0.4, -0.2) is 4.57 Å². The summed E-state index contributed by atoms with van der Waals surface area (Å²) >= 11 is 3.80. The van der Waals surface area contributed by atoms with Crippen LogP contribution in [-0.2, 0) is 0 Å². The van der Waals surface area contributed by atoms with Crippen LogP contribution in [0.3, 0.4) is 0 Å². The molecule has 0 radical (unpaired) electrons. The summed E-state index contributed by atoms with van der Waals surface area (Å²) in [6.45, 7) is 0. The number of hydrogen-bond acceptors (Lipinski definition) is 3. The zero-order valence-corrected chi connectivity index (χ0v) is 36.3. The summed E-state index contributed by atoms with van der Waals surface area (Å²) in [7, 11) is 0. The van der Waals surface area contributed by atoms with Crippen LogP contribution in [0.25, 0.3) is 101 Å². The molecule has 2 nitrogen and oxygen atoms in total. The average Bonchev–Trinajstić information content (AvgIpc) is 4.05. The van der Waals surface area contributed by atoms with Crippen LogP contribution in [0.1, 0.15) is 0 Å². The molecule has 0 unspecified atom stereocenters. The molecule has 13 rings (SSSR count). The number of nitrogens with zero attached hydrogens (tertiary/aromatic N) is 2. The van der Waals surface area contributed by atoms with E-state index in [9.17, 15) is 0 Å². The summed E-state index contributed by atoms with van der Waals surface area (Å²) in [6.07, 6.45) is 0. The molecule has 4 heteroatoms. The Morgan fingerprint density at radius 3 is 1.61 bits per heavy atom. The number of anilines is 3. The number of rotatable bonds is 7. The largest absolute Gasteiger partial charge is 0.309 e. The lowest BCUT2D eigenvalue weighted by Crippen LogP contribution is -2.11. The summed E-state index contributed by atoms with van der Waals surface area (Å²) < 4.78 is 7.54. The van der Waals surface area contributed by atoms with Crippen molar-refractivity contribution < 1.29 is 0 Å². The SMILES string of the molecule is c1ccc(-c2ccc3c(c2)sc2c(-c4ccccc4)ccc(N(c4cccc(-n5c6ccccc6c6ccccc65)c4)c4cccc5c4sc4c(-c6ccccc6)cccc45)c23)cc1. The minimum absolute atomic E-state index is 1.10. The molecule has 300 valence electrons. The maximum atomic E-state index is 2.55. The number of aromatic nitrogens is 1. The predicted molar refractivity (Wildman–Crippen MR) is 278 cm³/mol. The monoisotopic (exact) mass is 850 g/mol. The van der Waals surface area contributed by atoms with E-state index >= 15 is 0 Å². The first kappa shape index (κ1) is 36.9. The van der Waals surface area contributed by atoms with Crippen LogP contribution >= 0.6 is 22.7 Å². The van der Waals surface area contributed by atoms with Crippen molar-refractivity contribution in [1.29, 1.82) is 0 Å². The zero-order chi connectivity index (χ0) is 42.1. The van der Waals surface area contributed by atoms with Crippen molar-refractivity contribution in [3.8, 4) is 39.1 Å². The Morgan fingerprint density at radius 1 is 0.328 bits per heavy atom. The molecule has 3 heterocycles. The van der Waals surface area contributed by atoms with Crippen molar-refractivity contribution in [2.24, 2.45) is 0 Å². The Labute approximate surface area is 378 Å². The highest BCUT2D eigenvalue weighted by atomic mass is 32.1. The number of thiophene rings is 2.